The Labute approximate surface area is 162 Å². The van der Waals surface area contributed by atoms with Gasteiger partial charge < -0.3 is 17.2 Å². The van der Waals surface area contributed by atoms with Gasteiger partial charge >= 0.3 is 0 Å². The average Bonchev–Trinajstić information content (AvgIpc) is 2.69. The second kappa shape index (κ2) is 6.89. The second-order valence-corrected chi connectivity index (χ2v) is 6.22. The molecule has 1 unspecified atom stereocenters. The van der Waals surface area contributed by atoms with E-state index in [-0.39, 0.29) is 45.6 Å². The number of hydrogen-bond acceptors (Lipinski definition) is 7. The Morgan fingerprint density at radius 2 is 1.52 bits per heavy atom. The van der Waals surface area contributed by atoms with E-state index in [0.717, 1.165) is 6.07 Å². The molecule has 0 bridgehead atoms. The van der Waals surface area contributed by atoms with Crippen molar-refractivity contribution in [1.29, 1.82) is 0 Å². The van der Waals surface area contributed by atoms with E-state index in [2.05, 4.69) is 19.9 Å². The predicted octanol–water partition coefficient (Wildman–Crippen LogP) is 3.17. The molecule has 0 saturated carbocycles. The summed E-state index contributed by atoms with van der Waals surface area (Å²) in [4.78, 5) is 16.3. The summed E-state index contributed by atoms with van der Waals surface area (Å²) < 4.78 is 42.0. The number of benzene rings is 2. The van der Waals surface area contributed by atoms with Gasteiger partial charge in [0.1, 0.15) is 5.69 Å². The number of hydrogen-bond donors (Lipinski definition) is 3. The van der Waals surface area contributed by atoms with Crippen LogP contribution in [-0.4, -0.2) is 19.9 Å². The summed E-state index contributed by atoms with van der Waals surface area (Å²) >= 11 is 0. The molecular weight excluding hydrogens is 383 g/mol. The van der Waals surface area contributed by atoms with Crippen molar-refractivity contribution in [2.75, 3.05) is 17.2 Å². The molecule has 10 heteroatoms. The SMILES string of the molecule is Nc1nc(N)c2nc(-c3ccc(C(F)c4cccc(F)c4F)cc3)c(N)nc2n1. The zero-order valence-corrected chi connectivity index (χ0v) is 14.8. The van der Waals surface area contributed by atoms with E-state index in [1.54, 1.807) is 12.1 Å². The van der Waals surface area contributed by atoms with Crippen molar-refractivity contribution >= 4 is 28.7 Å². The van der Waals surface area contributed by atoms with Crippen LogP contribution in [0, 0.1) is 11.6 Å². The Morgan fingerprint density at radius 3 is 2.24 bits per heavy atom. The molecule has 1 atom stereocenters. The normalized spacial score (nSPS) is 12.2. The molecule has 2 aromatic heterocycles. The molecule has 0 aliphatic heterocycles. The van der Waals surface area contributed by atoms with Crippen molar-refractivity contribution in [3.05, 3.63) is 65.2 Å². The third kappa shape index (κ3) is 3.24. The highest BCUT2D eigenvalue weighted by Gasteiger charge is 2.20. The summed E-state index contributed by atoms with van der Waals surface area (Å²) in [6.45, 7) is 0. The summed E-state index contributed by atoms with van der Waals surface area (Å²) in [5, 5.41) is 0. The number of nitrogens with zero attached hydrogens (tertiary/aromatic N) is 4. The molecule has 0 spiro atoms. The van der Waals surface area contributed by atoms with Crippen molar-refractivity contribution in [1.82, 2.24) is 19.9 Å². The van der Waals surface area contributed by atoms with Crippen molar-refractivity contribution in [3.63, 3.8) is 0 Å². The maximum absolute atomic E-state index is 14.7. The zero-order chi connectivity index (χ0) is 20.7. The van der Waals surface area contributed by atoms with Crippen LogP contribution >= 0.6 is 0 Å². The number of nitrogens with two attached hydrogens (primary N) is 3. The number of rotatable bonds is 3. The van der Waals surface area contributed by atoms with Crippen LogP contribution in [0.2, 0.25) is 0 Å². The lowest BCUT2D eigenvalue weighted by atomic mass is 10.00. The number of nitrogen functional groups attached to an aromatic ring is 3. The highest BCUT2D eigenvalue weighted by atomic mass is 19.2. The zero-order valence-electron chi connectivity index (χ0n) is 14.8. The van der Waals surface area contributed by atoms with Gasteiger partial charge in [0.05, 0.1) is 0 Å². The van der Waals surface area contributed by atoms with Gasteiger partial charge in [-0.1, -0.05) is 36.4 Å². The first kappa shape index (κ1) is 18.4. The Bertz CT molecular complexity index is 1230. The minimum atomic E-state index is -1.84. The maximum Gasteiger partial charge on any atom is 0.224 e. The van der Waals surface area contributed by atoms with Crippen LogP contribution < -0.4 is 17.2 Å². The smallest absolute Gasteiger partial charge is 0.224 e. The van der Waals surface area contributed by atoms with Crippen LogP contribution in [0.4, 0.5) is 30.8 Å². The minimum absolute atomic E-state index is 0.0447. The quantitative estimate of drug-likeness (QED) is 0.484. The van der Waals surface area contributed by atoms with Gasteiger partial charge in [-0.05, 0) is 11.6 Å². The van der Waals surface area contributed by atoms with Crippen molar-refractivity contribution < 1.29 is 13.2 Å². The van der Waals surface area contributed by atoms with Gasteiger partial charge in [0.2, 0.25) is 5.95 Å². The molecule has 0 saturated heterocycles. The molecule has 0 aliphatic carbocycles. The van der Waals surface area contributed by atoms with Crippen LogP contribution in [-0.2, 0) is 0 Å². The fourth-order valence-electron chi connectivity index (χ4n) is 2.92. The summed E-state index contributed by atoms with van der Waals surface area (Å²) in [7, 11) is 0. The molecule has 2 heterocycles. The van der Waals surface area contributed by atoms with Crippen LogP contribution in [0.5, 0.6) is 0 Å². The number of alkyl halides is 1. The molecule has 146 valence electrons. The van der Waals surface area contributed by atoms with Crippen LogP contribution in [0.15, 0.2) is 42.5 Å². The van der Waals surface area contributed by atoms with Gasteiger partial charge in [-0.15, -0.1) is 0 Å². The van der Waals surface area contributed by atoms with Crippen molar-refractivity contribution in [2.45, 2.75) is 6.17 Å². The van der Waals surface area contributed by atoms with E-state index in [1.165, 1.54) is 24.3 Å². The maximum atomic E-state index is 14.7. The van der Waals surface area contributed by atoms with E-state index in [4.69, 9.17) is 17.2 Å². The number of halogens is 3. The lowest BCUT2D eigenvalue weighted by Crippen LogP contribution is -2.06. The van der Waals surface area contributed by atoms with Gasteiger partial charge in [-0.3, -0.25) is 0 Å². The molecule has 4 rings (SSSR count). The number of aromatic nitrogens is 4. The fourth-order valence-corrected chi connectivity index (χ4v) is 2.92. The monoisotopic (exact) mass is 397 g/mol. The first-order valence-corrected chi connectivity index (χ1v) is 8.39. The molecule has 2 aromatic carbocycles. The molecule has 7 nitrogen and oxygen atoms in total. The summed E-state index contributed by atoms with van der Waals surface area (Å²) in [6, 6.07) is 9.31. The van der Waals surface area contributed by atoms with E-state index in [1.807, 2.05) is 0 Å². The van der Waals surface area contributed by atoms with Gasteiger partial charge in [0, 0.05) is 11.1 Å². The number of anilines is 3. The molecule has 0 fully saturated rings. The highest BCUT2D eigenvalue weighted by Crippen LogP contribution is 2.32. The topological polar surface area (TPSA) is 130 Å². The Kier molecular flexibility index (Phi) is 4.38. The highest BCUT2D eigenvalue weighted by molar-refractivity contribution is 5.87. The van der Waals surface area contributed by atoms with Gasteiger partial charge in [0.25, 0.3) is 0 Å². The van der Waals surface area contributed by atoms with Gasteiger partial charge in [0.15, 0.2) is 40.6 Å². The van der Waals surface area contributed by atoms with Crippen LogP contribution in [0.3, 0.4) is 0 Å². The first-order valence-electron chi connectivity index (χ1n) is 8.39. The van der Waals surface area contributed by atoms with E-state index < -0.39 is 17.8 Å². The molecule has 29 heavy (non-hydrogen) atoms. The van der Waals surface area contributed by atoms with E-state index >= 15 is 0 Å². The summed E-state index contributed by atoms with van der Waals surface area (Å²) in [6.07, 6.45) is -1.84. The lowest BCUT2D eigenvalue weighted by Gasteiger charge is -2.12. The Hall–Kier alpha value is -3.95. The Balaban J connectivity index is 1.73. The fraction of sp³-hybridized carbons (Fsp3) is 0.0526. The molecule has 6 N–H and O–H groups in total. The van der Waals surface area contributed by atoms with Gasteiger partial charge in [-0.2, -0.15) is 9.97 Å². The lowest BCUT2D eigenvalue weighted by molar-refractivity contribution is 0.378. The first-order chi connectivity index (χ1) is 13.8. The molecular formula is C19H14F3N7. The van der Waals surface area contributed by atoms with Crippen molar-refractivity contribution in [2.24, 2.45) is 0 Å². The molecule has 4 aromatic rings. The summed E-state index contributed by atoms with van der Waals surface area (Å²) in [5.41, 5.74) is 18.3. The van der Waals surface area contributed by atoms with Crippen molar-refractivity contribution in [3.8, 4) is 11.3 Å². The minimum Gasteiger partial charge on any atom is -0.382 e. The van der Waals surface area contributed by atoms with Crippen LogP contribution in [0.25, 0.3) is 22.4 Å². The molecule has 0 radical (unpaired) electrons. The standard InChI is InChI=1S/C19H14F3N7/c20-11-3-1-2-10(13(11)22)12(21)8-4-6-9(7-5-8)14-16(23)27-18-15(26-14)17(24)28-19(25)29-18/h1-7,12H,(H6,23,24,25,27,28,29). The predicted molar refractivity (Wildman–Crippen MR) is 103 cm³/mol. The van der Waals surface area contributed by atoms with E-state index in [0.29, 0.717) is 5.56 Å². The second-order valence-electron chi connectivity index (χ2n) is 6.22. The average molecular weight is 397 g/mol. The molecule has 0 amide bonds. The van der Waals surface area contributed by atoms with Crippen LogP contribution in [0.1, 0.15) is 17.3 Å². The third-order valence-electron chi connectivity index (χ3n) is 4.33. The largest absolute Gasteiger partial charge is 0.382 e. The van der Waals surface area contributed by atoms with Gasteiger partial charge in [-0.25, -0.2) is 23.1 Å². The molecule has 0 aliphatic rings. The Morgan fingerprint density at radius 1 is 0.793 bits per heavy atom. The van der Waals surface area contributed by atoms with E-state index in [9.17, 15) is 13.2 Å². The third-order valence-corrected chi connectivity index (χ3v) is 4.33. The number of fused-ring (bicyclic) bond motifs is 1. The summed E-state index contributed by atoms with van der Waals surface area (Å²) in [5.74, 6) is -2.27.